The van der Waals surface area contributed by atoms with Gasteiger partial charge in [-0.15, -0.1) is 0 Å². The van der Waals surface area contributed by atoms with E-state index in [0.717, 1.165) is 41.6 Å². The van der Waals surface area contributed by atoms with E-state index in [1.807, 2.05) is 45.2 Å². The van der Waals surface area contributed by atoms with Gasteiger partial charge in [-0.25, -0.2) is 15.0 Å². The first-order valence-corrected chi connectivity index (χ1v) is 10.6. The van der Waals surface area contributed by atoms with Gasteiger partial charge in [-0.1, -0.05) is 39.7 Å². The summed E-state index contributed by atoms with van der Waals surface area (Å²) < 4.78 is 0. The van der Waals surface area contributed by atoms with Gasteiger partial charge in [0.05, 0.1) is 5.39 Å². The van der Waals surface area contributed by atoms with Crippen LogP contribution in [-0.2, 0) is 0 Å². The summed E-state index contributed by atoms with van der Waals surface area (Å²) in [6.45, 7) is 10.4. The van der Waals surface area contributed by atoms with E-state index >= 15 is 0 Å². The first kappa shape index (κ1) is 22.4. The van der Waals surface area contributed by atoms with Crippen LogP contribution in [0.5, 0.6) is 0 Å². The van der Waals surface area contributed by atoms with Gasteiger partial charge in [0.2, 0.25) is 0 Å². The summed E-state index contributed by atoms with van der Waals surface area (Å²) in [5, 5.41) is 9.50. The zero-order valence-corrected chi connectivity index (χ0v) is 18.0. The van der Waals surface area contributed by atoms with Crippen LogP contribution in [0.15, 0.2) is 36.8 Å². The minimum atomic E-state index is 0.481. The van der Waals surface area contributed by atoms with Gasteiger partial charge in [-0.05, 0) is 43.9 Å². The number of anilines is 1. The highest BCUT2D eigenvalue weighted by molar-refractivity contribution is 5.87. The molecule has 1 aliphatic rings. The third-order valence-corrected chi connectivity index (χ3v) is 4.89. The molecular weight excluding hydrogens is 360 g/mol. The molecule has 1 aliphatic heterocycles. The third-order valence-electron chi connectivity index (χ3n) is 4.89. The molecule has 154 valence electrons. The Hall–Kier alpha value is -2.94. The van der Waals surface area contributed by atoms with Crippen LogP contribution in [-0.4, -0.2) is 33.0 Å². The molecule has 1 N–H and O–H groups in total. The number of nitriles is 1. The summed E-state index contributed by atoms with van der Waals surface area (Å²) in [5.41, 5.74) is 2.31. The SMILES string of the molecule is CC.CCCC[C@@H]1CCN(c2ncnc3[nH]ccc23)C1.Cc1cccc(C#N)n1. The van der Waals surface area contributed by atoms with Crippen molar-refractivity contribution < 1.29 is 0 Å². The molecule has 3 aromatic rings. The number of fused-ring (bicyclic) bond motifs is 1. The topological polar surface area (TPSA) is 81.5 Å². The van der Waals surface area contributed by atoms with Gasteiger partial charge in [0.25, 0.3) is 0 Å². The van der Waals surface area contributed by atoms with E-state index in [1.165, 1.54) is 25.7 Å². The summed E-state index contributed by atoms with van der Waals surface area (Å²) in [7, 11) is 0. The Bertz CT molecular complexity index is 911. The normalized spacial score (nSPS) is 15.1. The van der Waals surface area contributed by atoms with Gasteiger partial charge in [0.1, 0.15) is 29.6 Å². The predicted molar refractivity (Wildman–Crippen MR) is 119 cm³/mol. The number of rotatable bonds is 4. The Morgan fingerprint density at radius 2 is 2.07 bits per heavy atom. The van der Waals surface area contributed by atoms with E-state index in [4.69, 9.17) is 5.26 Å². The molecule has 0 amide bonds. The van der Waals surface area contributed by atoms with E-state index in [2.05, 4.69) is 37.8 Å². The molecule has 0 radical (unpaired) electrons. The van der Waals surface area contributed by atoms with Crippen molar-refractivity contribution in [3.63, 3.8) is 0 Å². The maximum absolute atomic E-state index is 8.35. The largest absolute Gasteiger partial charge is 0.356 e. The highest BCUT2D eigenvalue weighted by Gasteiger charge is 2.24. The van der Waals surface area contributed by atoms with Gasteiger partial charge in [-0.2, -0.15) is 5.26 Å². The maximum Gasteiger partial charge on any atom is 0.142 e. The fourth-order valence-corrected chi connectivity index (χ4v) is 3.47. The Morgan fingerprint density at radius 1 is 1.24 bits per heavy atom. The standard InChI is InChI=1S/C14H20N4.C7H6N2.C2H6/c1-2-3-4-11-6-8-18(9-11)14-12-5-7-15-13(12)16-10-17-14;1-6-3-2-4-7(5-8)9-6;1-2/h5,7,10-11H,2-4,6,8-9H2,1H3,(H,15,16,17);2-4H,1H3;1-2H3/t11-;;/m1../s1. The van der Waals surface area contributed by atoms with Crippen molar-refractivity contribution in [3.8, 4) is 6.07 Å². The number of aromatic amines is 1. The van der Waals surface area contributed by atoms with E-state index in [1.54, 1.807) is 12.4 Å². The maximum atomic E-state index is 8.35. The quantitative estimate of drug-likeness (QED) is 0.655. The molecule has 0 saturated carbocycles. The van der Waals surface area contributed by atoms with Crippen molar-refractivity contribution in [2.24, 2.45) is 5.92 Å². The second kappa shape index (κ2) is 11.8. The highest BCUT2D eigenvalue weighted by atomic mass is 15.2. The molecule has 0 bridgehead atoms. The molecule has 3 aromatic heterocycles. The zero-order valence-electron chi connectivity index (χ0n) is 18.0. The lowest BCUT2D eigenvalue weighted by molar-refractivity contribution is 0.510. The number of unbranched alkanes of at least 4 members (excludes halogenated alkanes) is 1. The molecule has 4 rings (SSSR count). The Labute approximate surface area is 174 Å². The minimum Gasteiger partial charge on any atom is -0.356 e. The zero-order chi connectivity index (χ0) is 21.1. The number of aromatic nitrogens is 4. The van der Waals surface area contributed by atoms with Gasteiger partial charge >= 0.3 is 0 Å². The Morgan fingerprint density at radius 3 is 2.76 bits per heavy atom. The number of aryl methyl sites for hydroxylation is 1. The summed E-state index contributed by atoms with van der Waals surface area (Å²) >= 11 is 0. The van der Waals surface area contributed by atoms with Crippen LogP contribution in [0.3, 0.4) is 0 Å². The molecule has 0 aromatic carbocycles. The number of H-pyrrole nitrogens is 1. The van der Waals surface area contributed by atoms with Crippen LogP contribution < -0.4 is 4.90 Å². The van der Waals surface area contributed by atoms with Crippen molar-refractivity contribution in [1.29, 1.82) is 5.26 Å². The summed E-state index contributed by atoms with van der Waals surface area (Å²) in [4.78, 5) is 18.2. The first-order valence-electron chi connectivity index (χ1n) is 10.6. The number of pyridine rings is 1. The lowest BCUT2D eigenvalue weighted by atomic mass is 10.0. The molecule has 1 saturated heterocycles. The van der Waals surface area contributed by atoms with E-state index in [0.29, 0.717) is 5.69 Å². The lowest BCUT2D eigenvalue weighted by Crippen LogP contribution is -2.21. The van der Waals surface area contributed by atoms with Crippen LogP contribution in [0.25, 0.3) is 11.0 Å². The monoisotopic (exact) mass is 392 g/mol. The molecule has 6 heteroatoms. The fraction of sp³-hybridized carbons (Fsp3) is 0.478. The molecular formula is C23H32N6. The summed E-state index contributed by atoms with van der Waals surface area (Å²) in [6, 6.07) is 9.40. The second-order valence-electron chi connectivity index (χ2n) is 6.96. The van der Waals surface area contributed by atoms with Crippen LogP contribution in [0.1, 0.15) is 57.8 Å². The Balaban J connectivity index is 0.000000231. The summed E-state index contributed by atoms with van der Waals surface area (Å²) in [5.74, 6) is 1.94. The van der Waals surface area contributed by atoms with Gasteiger partial charge in [-0.3, -0.25) is 0 Å². The molecule has 0 aliphatic carbocycles. The third kappa shape index (κ3) is 6.28. The summed E-state index contributed by atoms with van der Waals surface area (Å²) in [6.07, 6.45) is 8.90. The molecule has 0 spiro atoms. The van der Waals surface area contributed by atoms with E-state index in [9.17, 15) is 0 Å². The molecule has 1 fully saturated rings. The van der Waals surface area contributed by atoms with Gasteiger partial charge in [0.15, 0.2) is 0 Å². The van der Waals surface area contributed by atoms with Crippen molar-refractivity contribution in [2.45, 2.75) is 53.4 Å². The number of nitrogens with one attached hydrogen (secondary N) is 1. The van der Waals surface area contributed by atoms with E-state index < -0.39 is 0 Å². The van der Waals surface area contributed by atoms with Crippen molar-refractivity contribution >= 4 is 16.9 Å². The van der Waals surface area contributed by atoms with Crippen molar-refractivity contribution in [3.05, 3.63) is 48.2 Å². The van der Waals surface area contributed by atoms with Crippen LogP contribution >= 0.6 is 0 Å². The molecule has 29 heavy (non-hydrogen) atoms. The van der Waals surface area contributed by atoms with Crippen LogP contribution in [0.4, 0.5) is 5.82 Å². The average molecular weight is 393 g/mol. The smallest absolute Gasteiger partial charge is 0.142 e. The fourth-order valence-electron chi connectivity index (χ4n) is 3.47. The lowest BCUT2D eigenvalue weighted by Gasteiger charge is -2.18. The van der Waals surface area contributed by atoms with Gasteiger partial charge in [0, 0.05) is 25.0 Å². The number of nitrogens with zero attached hydrogens (tertiary/aromatic N) is 5. The van der Waals surface area contributed by atoms with Crippen LogP contribution in [0, 0.1) is 24.2 Å². The number of hydrogen-bond donors (Lipinski definition) is 1. The van der Waals surface area contributed by atoms with Crippen molar-refractivity contribution in [2.75, 3.05) is 18.0 Å². The van der Waals surface area contributed by atoms with Crippen LogP contribution in [0.2, 0.25) is 0 Å². The van der Waals surface area contributed by atoms with E-state index in [-0.39, 0.29) is 0 Å². The molecule has 1 atom stereocenters. The first-order chi connectivity index (χ1) is 14.2. The molecule has 0 unspecified atom stereocenters. The average Bonchev–Trinajstić information content (AvgIpc) is 3.43. The predicted octanol–water partition coefficient (Wildman–Crippen LogP) is 5.26. The highest BCUT2D eigenvalue weighted by Crippen LogP contribution is 2.29. The minimum absolute atomic E-state index is 0.481. The van der Waals surface area contributed by atoms with Gasteiger partial charge < -0.3 is 9.88 Å². The number of hydrogen-bond acceptors (Lipinski definition) is 5. The second-order valence-corrected chi connectivity index (χ2v) is 6.96. The van der Waals surface area contributed by atoms with Crippen molar-refractivity contribution in [1.82, 2.24) is 19.9 Å². The Kier molecular flexibility index (Phi) is 9.10. The molecule has 4 heterocycles. The molecule has 6 nitrogen and oxygen atoms in total.